The van der Waals surface area contributed by atoms with Crippen molar-refractivity contribution in [1.29, 1.82) is 0 Å². The number of hydrogen-bond acceptors (Lipinski definition) is 3. The Morgan fingerprint density at radius 1 is 1.62 bits per heavy atom. The van der Waals surface area contributed by atoms with Crippen LogP contribution in [0.3, 0.4) is 0 Å². The second-order valence-electron chi connectivity index (χ2n) is 2.69. The molecule has 1 rings (SSSR count). The van der Waals surface area contributed by atoms with Crippen molar-refractivity contribution in [3.05, 3.63) is 12.2 Å². The minimum atomic E-state index is -2.51. The lowest BCUT2D eigenvalue weighted by Crippen LogP contribution is -2.32. The van der Waals surface area contributed by atoms with Gasteiger partial charge in [-0.15, -0.1) is 0 Å². The molecular weight excluding hydrogens is 178 g/mol. The predicted octanol–water partition coefficient (Wildman–Crippen LogP) is 0.433. The minimum absolute atomic E-state index is 0.0610. The Kier molecular flexibility index (Phi) is 3.30. The summed E-state index contributed by atoms with van der Waals surface area (Å²) < 4.78 is 25.7. The molecule has 2 N–H and O–H groups in total. The zero-order valence-corrected chi connectivity index (χ0v) is 7.32. The van der Waals surface area contributed by atoms with E-state index in [9.17, 15) is 8.78 Å². The van der Waals surface area contributed by atoms with Crippen LogP contribution in [-0.2, 0) is 13.0 Å². The molecule has 0 saturated carbocycles. The van der Waals surface area contributed by atoms with Crippen LogP contribution in [-0.4, -0.2) is 27.2 Å². The number of hydrogen-bond donors (Lipinski definition) is 1. The number of nitrogens with zero attached hydrogens (tertiary/aromatic N) is 3. The maximum Gasteiger partial charge on any atom is 0.253 e. The third-order valence-electron chi connectivity index (χ3n) is 1.74. The van der Waals surface area contributed by atoms with Gasteiger partial charge in [-0.1, -0.05) is 0 Å². The molecule has 0 aromatic carbocycles. The molecule has 0 aliphatic carbocycles. The Balaban J connectivity index is 2.62. The summed E-state index contributed by atoms with van der Waals surface area (Å²) in [5.74, 6) is 0.510. The second kappa shape index (κ2) is 4.27. The molecule has 0 bridgehead atoms. The molecule has 0 fully saturated rings. The molecule has 1 heterocycles. The predicted molar refractivity (Wildman–Crippen MR) is 43.4 cm³/mol. The maximum atomic E-state index is 12.1. The van der Waals surface area contributed by atoms with Crippen LogP contribution in [0.1, 0.15) is 12.7 Å². The van der Waals surface area contributed by atoms with Gasteiger partial charge in [0.25, 0.3) is 6.43 Å². The van der Waals surface area contributed by atoms with Gasteiger partial charge >= 0.3 is 0 Å². The van der Waals surface area contributed by atoms with Crippen LogP contribution in [0.5, 0.6) is 0 Å². The second-order valence-corrected chi connectivity index (χ2v) is 2.69. The Morgan fingerprint density at radius 3 is 2.85 bits per heavy atom. The lowest BCUT2D eigenvalue weighted by molar-refractivity contribution is 0.114. The van der Waals surface area contributed by atoms with Crippen molar-refractivity contribution in [2.45, 2.75) is 32.4 Å². The number of aromatic nitrogens is 3. The third kappa shape index (κ3) is 2.45. The molecule has 1 aromatic rings. The van der Waals surface area contributed by atoms with Crippen LogP contribution >= 0.6 is 0 Å². The molecule has 1 atom stereocenters. The maximum absolute atomic E-state index is 12.1. The molecule has 4 nitrogen and oxygen atoms in total. The van der Waals surface area contributed by atoms with Crippen LogP contribution in [0.4, 0.5) is 8.78 Å². The molecule has 13 heavy (non-hydrogen) atoms. The van der Waals surface area contributed by atoms with Gasteiger partial charge in [0.05, 0.1) is 6.04 Å². The van der Waals surface area contributed by atoms with E-state index in [1.165, 1.54) is 6.33 Å². The fraction of sp³-hybridized carbons (Fsp3) is 0.714. The molecule has 0 aliphatic heterocycles. The standard InChI is InChI=1S/C7H12F2N4/c1-2-13-6(11-4-12-13)3-5(10)7(8)9/h4-5,7H,2-3,10H2,1H3. The van der Waals surface area contributed by atoms with E-state index in [0.29, 0.717) is 12.4 Å². The summed E-state index contributed by atoms with van der Waals surface area (Å²) in [4.78, 5) is 3.85. The van der Waals surface area contributed by atoms with E-state index in [-0.39, 0.29) is 6.42 Å². The molecular formula is C7H12F2N4. The molecule has 6 heteroatoms. The van der Waals surface area contributed by atoms with E-state index < -0.39 is 12.5 Å². The van der Waals surface area contributed by atoms with E-state index in [1.54, 1.807) is 4.68 Å². The number of rotatable bonds is 4. The van der Waals surface area contributed by atoms with Gasteiger partial charge in [-0.05, 0) is 6.92 Å². The van der Waals surface area contributed by atoms with Crippen LogP contribution in [0, 0.1) is 0 Å². The van der Waals surface area contributed by atoms with Gasteiger partial charge < -0.3 is 5.73 Å². The third-order valence-corrected chi connectivity index (χ3v) is 1.74. The largest absolute Gasteiger partial charge is 0.323 e. The highest BCUT2D eigenvalue weighted by Gasteiger charge is 2.18. The molecule has 0 amide bonds. The summed E-state index contributed by atoms with van der Waals surface area (Å²) in [5, 5.41) is 3.85. The van der Waals surface area contributed by atoms with E-state index >= 15 is 0 Å². The van der Waals surface area contributed by atoms with E-state index in [0.717, 1.165) is 0 Å². The molecule has 0 saturated heterocycles. The number of alkyl halides is 2. The molecule has 0 radical (unpaired) electrons. The van der Waals surface area contributed by atoms with E-state index in [2.05, 4.69) is 10.1 Å². The van der Waals surface area contributed by atoms with Crippen molar-refractivity contribution in [3.63, 3.8) is 0 Å². The van der Waals surface area contributed by atoms with E-state index in [1.807, 2.05) is 6.92 Å². The number of aryl methyl sites for hydroxylation is 1. The highest BCUT2D eigenvalue weighted by Crippen LogP contribution is 2.04. The van der Waals surface area contributed by atoms with Crippen LogP contribution in [0.15, 0.2) is 6.33 Å². The lowest BCUT2D eigenvalue weighted by atomic mass is 10.2. The van der Waals surface area contributed by atoms with Crippen molar-refractivity contribution in [3.8, 4) is 0 Å². The number of nitrogens with two attached hydrogens (primary N) is 1. The van der Waals surface area contributed by atoms with Crippen LogP contribution < -0.4 is 5.73 Å². The summed E-state index contributed by atoms with van der Waals surface area (Å²) in [6.45, 7) is 2.48. The van der Waals surface area contributed by atoms with Gasteiger partial charge in [0, 0.05) is 13.0 Å². The Hall–Kier alpha value is -1.04. The molecule has 0 spiro atoms. The molecule has 1 aromatic heterocycles. The fourth-order valence-electron chi connectivity index (χ4n) is 1.01. The Morgan fingerprint density at radius 2 is 2.31 bits per heavy atom. The first-order valence-corrected chi connectivity index (χ1v) is 4.05. The molecule has 0 aliphatic rings. The highest BCUT2D eigenvalue weighted by molar-refractivity contribution is 4.89. The zero-order chi connectivity index (χ0) is 9.84. The topological polar surface area (TPSA) is 56.7 Å². The first-order chi connectivity index (χ1) is 6.15. The van der Waals surface area contributed by atoms with Crippen LogP contribution in [0.25, 0.3) is 0 Å². The van der Waals surface area contributed by atoms with Gasteiger partial charge in [-0.25, -0.2) is 13.8 Å². The molecule has 1 unspecified atom stereocenters. The van der Waals surface area contributed by atoms with Gasteiger partial charge in [0.15, 0.2) is 0 Å². The Bertz CT molecular complexity index is 261. The van der Waals surface area contributed by atoms with Crippen LogP contribution in [0.2, 0.25) is 0 Å². The highest BCUT2D eigenvalue weighted by atomic mass is 19.3. The number of halogens is 2. The average molecular weight is 190 g/mol. The average Bonchev–Trinajstić information content (AvgIpc) is 2.51. The SMILES string of the molecule is CCn1ncnc1CC(N)C(F)F. The smallest absolute Gasteiger partial charge is 0.253 e. The monoisotopic (exact) mass is 190 g/mol. The summed E-state index contributed by atoms with van der Waals surface area (Å²) in [7, 11) is 0. The summed E-state index contributed by atoms with van der Waals surface area (Å²) in [6, 6.07) is -1.16. The van der Waals surface area contributed by atoms with Gasteiger partial charge in [0.1, 0.15) is 12.2 Å². The minimum Gasteiger partial charge on any atom is -0.323 e. The first-order valence-electron chi connectivity index (χ1n) is 4.05. The molecule has 74 valence electrons. The summed E-state index contributed by atoms with van der Waals surface area (Å²) in [5.41, 5.74) is 5.20. The van der Waals surface area contributed by atoms with Crippen molar-refractivity contribution in [2.75, 3.05) is 0 Å². The summed E-state index contributed by atoms with van der Waals surface area (Å²) >= 11 is 0. The van der Waals surface area contributed by atoms with Crippen molar-refractivity contribution in [2.24, 2.45) is 5.73 Å². The van der Waals surface area contributed by atoms with Crippen molar-refractivity contribution in [1.82, 2.24) is 14.8 Å². The normalized spacial score (nSPS) is 13.6. The summed E-state index contributed by atoms with van der Waals surface area (Å²) in [6.07, 6.45) is -1.11. The lowest BCUT2D eigenvalue weighted by Gasteiger charge is -2.09. The zero-order valence-electron chi connectivity index (χ0n) is 7.32. The Labute approximate surface area is 74.8 Å². The first kappa shape index (κ1) is 10.0. The van der Waals surface area contributed by atoms with Crippen molar-refractivity contribution < 1.29 is 8.78 Å². The fourth-order valence-corrected chi connectivity index (χ4v) is 1.01. The quantitative estimate of drug-likeness (QED) is 0.749. The van der Waals surface area contributed by atoms with Gasteiger partial charge in [-0.2, -0.15) is 5.10 Å². The van der Waals surface area contributed by atoms with Gasteiger partial charge in [0.2, 0.25) is 0 Å². The van der Waals surface area contributed by atoms with Gasteiger partial charge in [-0.3, -0.25) is 4.68 Å². The van der Waals surface area contributed by atoms with Crippen molar-refractivity contribution >= 4 is 0 Å². The van der Waals surface area contributed by atoms with E-state index in [4.69, 9.17) is 5.73 Å².